The Bertz CT molecular complexity index is 471. The number of ether oxygens (including phenoxy) is 1. The largest absolute Gasteiger partial charge is 0.491 e. The van der Waals surface area contributed by atoms with Gasteiger partial charge in [-0.15, -0.1) is 0 Å². The average molecular weight is 288 g/mol. The first kappa shape index (κ1) is 15.8. The highest BCUT2D eigenvalue weighted by Crippen LogP contribution is 2.22. The van der Waals surface area contributed by atoms with Crippen LogP contribution in [-0.4, -0.2) is 41.3 Å². The molecule has 1 aromatic rings. The SMILES string of the molecule is CC1CCCC(C)N1CC(O)COc1ccc(C#N)cc1. The van der Waals surface area contributed by atoms with E-state index in [1.807, 2.05) is 0 Å². The Morgan fingerprint density at radius 2 is 1.90 bits per heavy atom. The second-order valence-electron chi connectivity index (χ2n) is 5.93. The van der Waals surface area contributed by atoms with Crippen molar-refractivity contribution >= 4 is 0 Å². The van der Waals surface area contributed by atoms with Gasteiger partial charge in [0.2, 0.25) is 0 Å². The maximum atomic E-state index is 10.2. The van der Waals surface area contributed by atoms with Gasteiger partial charge < -0.3 is 9.84 Å². The van der Waals surface area contributed by atoms with Crippen molar-refractivity contribution in [1.29, 1.82) is 5.26 Å². The molecule has 1 fully saturated rings. The van der Waals surface area contributed by atoms with Crippen LogP contribution in [0, 0.1) is 11.3 Å². The van der Waals surface area contributed by atoms with E-state index in [0.717, 1.165) is 0 Å². The summed E-state index contributed by atoms with van der Waals surface area (Å²) in [7, 11) is 0. The van der Waals surface area contributed by atoms with Crippen LogP contribution in [0.2, 0.25) is 0 Å². The van der Waals surface area contributed by atoms with Crippen molar-refractivity contribution in [3.8, 4) is 11.8 Å². The second kappa shape index (κ2) is 7.44. The lowest BCUT2D eigenvalue weighted by atomic mass is 9.97. The molecule has 1 aromatic carbocycles. The molecule has 1 heterocycles. The van der Waals surface area contributed by atoms with Crippen molar-refractivity contribution < 1.29 is 9.84 Å². The third kappa shape index (κ3) is 4.45. The summed E-state index contributed by atoms with van der Waals surface area (Å²) in [6.45, 7) is 5.38. The first-order chi connectivity index (χ1) is 10.1. The highest BCUT2D eigenvalue weighted by Gasteiger charge is 2.26. The van der Waals surface area contributed by atoms with E-state index in [2.05, 4.69) is 24.8 Å². The predicted octanol–water partition coefficient (Wildman–Crippen LogP) is 2.56. The van der Waals surface area contributed by atoms with E-state index in [0.29, 0.717) is 29.9 Å². The van der Waals surface area contributed by atoms with Crippen LogP contribution in [0.25, 0.3) is 0 Å². The summed E-state index contributed by atoms with van der Waals surface area (Å²) in [4.78, 5) is 2.37. The number of aliphatic hydroxyl groups excluding tert-OH is 1. The fraction of sp³-hybridized carbons (Fsp3) is 0.588. The van der Waals surface area contributed by atoms with Crippen molar-refractivity contribution in [2.75, 3.05) is 13.2 Å². The van der Waals surface area contributed by atoms with Gasteiger partial charge in [-0.2, -0.15) is 5.26 Å². The monoisotopic (exact) mass is 288 g/mol. The quantitative estimate of drug-likeness (QED) is 0.904. The van der Waals surface area contributed by atoms with Gasteiger partial charge in [0.15, 0.2) is 0 Å². The first-order valence-electron chi connectivity index (χ1n) is 7.67. The number of piperidine rings is 1. The van der Waals surface area contributed by atoms with Crippen LogP contribution in [0.5, 0.6) is 5.75 Å². The Balaban J connectivity index is 1.81. The maximum Gasteiger partial charge on any atom is 0.119 e. The average Bonchev–Trinajstić information content (AvgIpc) is 2.49. The van der Waals surface area contributed by atoms with Crippen LogP contribution in [0.3, 0.4) is 0 Å². The number of aliphatic hydroxyl groups is 1. The summed E-state index contributed by atoms with van der Waals surface area (Å²) in [5.74, 6) is 0.688. The molecular formula is C17H24N2O2. The van der Waals surface area contributed by atoms with Gasteiger partial charge in [-0.1, -0.05) is 6.42 Å². The van der Waals surface area contributed by atoms with Crippen LogP contribution in [0.15, 0.2) is 24.3 Å². The molecule has 0 radical (unpaired) electrons. The van der Waals surface area contributed by atoms with Gasteiger partial charge in [-0.3, -0.25) is 4.90 Å². The van der Waals surface area contributed by atoms with Gasteiger partial charge in [-0.05, 0) is 51.0 Å². The van der Waals surface area contributed by atoms with E-state index in [4.69, 9.17) is 10.00 Å². The van der Waals surface area contributed by atoms with Crippen LogP contribution < -0.4 is 4.74 Å². The Kier molecular flexibility index (Phi) is 5.60. The van der Waals surface area contributed by atoms with Gasteiger partial charge in [0.1, 0.15) is 18.5 Å². The summed E-state index contributed by atoms with van der Waals surface area (Å²) >= 11 is 0. The van der Waals surface area contributed by atoms with E-state index in [1.54, 1.807) is 24.3 Å². The minimum atomic E-state index is -0.497. The topological polar surface area (TPSA) is 56.5 Å². The predicted molar refractivity (Wildman–Crippen MR) is 82.1 cm³/mol. The molecule has 4 heteroatoms. The number of β-amino-alcohol motifs (C(OH)–C–C–N with tert-alkyl or cyclic N) is 1. The van der Waals surface area contributed by atoms with Gasteiger partial charge in [0.25, 0.3) is 0 Å². The van der Waals surface area contributed by atoms with Crippen molar-refractivity contribution in [1.82, 2.24) is 4.90 Å². The highest BCUT2D eigenvalue weighted by atomic mass is 16.5. The van der Waals surface area contributed by atoms with Crippen LogP contribution >= 0.6 is 0 Å². The molecule has 3 atom stereocenters. The van der Waals surface area contributed by atoms with E-state index in [9.17, 15) is 5.11 Å². The zero-order chi connectivity index (χ0) is 15.2. The van der Waals surface area contributed by atoms with E-state index >= 15 is 0 Å². The van der Waals surface area contributed by atoms with E-state index in [-0.39, 0.29) is 6.61 Å². The number of likely N-dealkylation sites (tertiary alicyclic amines) is 1. The summed E-state index contributed by atoms with van der Waals surface area (Å²) < 4.78 is 5.59. The number of nitriles is 1. The fourth-order valence-corrected chi connectivity index (χ4v) is 2.95. The molecule has 1 aliphatic rings. The van der Waals surface area contributed by atoms with E-state index in [1.165, 1.54) is 19.3 Å². The first-order valence-corrected chi connectivity index (χ1v) is 7.67. The van der Waals surface area contributed by atoms with Crippen molar-refractivity contribution in [3.63, 3.8) is 0 Å². The molecule has 0 bridgehead atoms. The molecule has 0 saturated carbocycles. The van der Waals surface area contributed by atoms with Crippen LogP contribution in [0.1, 0.15) is 38.7 Å². The summed E-state index contributed by atoms with van der Waals surface area (Å²) in [5, 5.41) is 18.9. The Hall–Kier alpha value is -1.57. The molecule has 0 aromatic heterocycles. The smallest absolute Gasteiger partial charge is 0.119 e. The standard InChI is InChI=1S/C17H24N2O2/c1-13-4-3-5-14(2)19(13)11-16(20)12-21-17-8-6-15(10-18)7-9-17/h6-9,13-14,16,20H,3-5,11-12H2,1-2H3. The molecule has 4 nitrogen and oxygen atoms in total. The van der Waals surface area contributed by atoms with Crippen molar-refractivity contribution in [2.45, 2.75) is 51.3 Å². The number of nitrogens with zero attached hydrogens (tertiary/aromatic N) is 2. The Morgan fingerprint density at radius 3 is 2.48 bits per heavy atom. The minimum absolute atomic E-state index is 0.280. The lowest BCUT2D eigenvalue weighted by molar-refractivity contribution is 0.0209. The number of rotatable bonds is 5. The molecule has 1 saturated heterocycles. The van der Waals surface area contributed by atoms with Crippen LogP contribution in [-0.2, 0) is 0 Å². The lowest BCUT2D eigenvalue weighted by Gasteiger charge is -2.40. The molecule has 1 N–H and O–H groups in total. The molecule has 114 valence electrons. The van der Waals surface area contributed by atoms with E-state index < -0.39 is 6.10 Å². The van der Waals surface area contributed by atoms with Gasteiger partial charge in [0, 0.05) is 18.6 Å². The third-order valence-electron chi connectivity index (χ3n) is 4.22. The summed E-state index contributed by atoms with van der Waals surface area (Å²) in [6.07, 6.45) is 3.18. The Labute approximate surface area is 127 Å². The molecule has 0 spiro atoms. The van der Waals surface area contributed by atoms with Crippen molar-refractivity contribution in [2.24, 2.45) is 0 Å². The lowest BCUT2D eigenvalue weighted by Crippen LogP contribution is -2.48. The number of hydrogen-bond donors (Lipinski definition) is 1. The second-order valence-corrected chi connectivity index (χ2v) is 5.93. The maximum absolute atomic E-state index is 10.2. The van der Waals surface area contributed by atoms with Gasteiger partial charge in [0.05, 0.1) is 11.6 Å². The van der Waals surface area contributed by atoms with Crippen LogP contribution in [0.4, 0.5) is 0 Å². The molecule has 2 rings (SSSR count). The van der Waals surface area contributed by atoms with Crippen molar-refractivity contribution in [3.05, 3.63) is 29.8 Å². The normalized spacial score (nSPS) is 24.3. The molecule has 0 amide bonds. The fourth-order valence-electron chi connectivity index (χ4n) is 2.95. The highest BCUT2D eigenvalue weighted by molar-refractivity contribution is 5.34. The molecule has 3 unspecified atom stereocenters. The molecule has 0 aliphatic carbocycles. The molecule has 1 aliphatic heterocycles. The summed E-state index contributed by atoms with van der Waals surface area (Å²) in [6, 6.07) is 10.1. The third-order valence-corrected chi connectivity index (χ3v) is 4.22. The zero-order valence-corrected chi connectivity index (χ0v) is 12.8. The zero-order valence-electron chi connectivity index (χ0n) is 12.8. The molecule has 21 heavy (non-hydrogen) atoms. The Morgan fingerprint density at radius 1 is 1.29 bits per heavy atom. The number of benzene rings is 1. The molecular weight excluding hydrogens is 264 g/mol. The van der Waals surface area contributed by atoms with Gasteiger partial charge in [-0.25, -0.2) is 0 Å². The summed E-state index contributed by atoms with van der Waals surface area (Å²) in [5.41, 5.74) is 0.610. The van der Waals surface area contributed by atoms with Gasteiger partial charge >= 0.3 is 0 Å². The number of hydrogen-bond acceptors (Lipinski definition) is 4. The minimum Gasteiger partial charge on any atom is -0.491 e.